The van der Waals surface area contributed by atoms with Crippen LogP contribution in [0.2, 0.25) is 5.02 Å². The zero-order chi connectivity index (χ0) is 16.2. The predicted molar refractivity (Wildman–Crippen MR) is 89.0 cm³/mol. The first-order valence-electron chi connectivity index (χ1n) is 7.31. The Hall–Kier alpha value is -2.60. The number of nitrogens with zero attached hydrogens (tertiary/aromatic N) is 4. The monoisotopic (exact) mass is 329 g/mol. The third-order valence-electron chi connectivity index (χ3n) is 3.33. The maximum atomic E-state index is 12.3. The molecular formula is C16H16ClN5O. The molecule has 0 aliphatic rings. The van der Waals surface area contributed by atoms with Gasteiger partial charge < -0.3 is 5.32 Å². The van der Waals surface area contributed by atoms with Gasteiger partial charge in [-0.15, -0.1) is 0 Å². The molecule has 0 aliphatic heterocycles. The minimum absolute atomic E-state index is 0.175. The zero-order valence-corrected chi connectivity index (χ0v) is 13.4. The molecule has 0 bridgehead atoms. The van der Waals surface area contributed by atoms with Crippen molar-refractivity contribution in [3.05, 3.63) is 59.6 Å². The number of halogens is 1. The smallest absolute Gasteiger partial charge is 0.273 e. The number of hydrogen-bond acceptors (Lipinski definition) is 3. The lowest BCUT2D eigenvalue weighted by Gasteiger charge is -2.08. The highest BCUT2D eigenvalue weighted by molar-refractivity contribution is 6.30. The van der Waals surface area contributed by atoms with Gasteiger partial charge in [0.25, 0.3) is 5.91 Å². The molecule has 118 valence electrons. The van der Waals surface area contributed by atoms with E-state index in [1.165, 1.54) is 0 Å². The summed E-state index contributed by atoms with van der Waals surface area (Å²) >= 11 is 5.86. The van der Waals surface area contributed by atoms with Crippen molar-refractivity contribution in [1.82, 2.24) is 19.6 Å². The third kappa shape index (κ3) is 3.43. The van der Waals surface area contributed by atoms with Gasteiger partial charge in [0.2, 0.25) is 0 Å². The van der Waals surface area contributed by atoms with Crippen LogP contribution >= 0.6 is 11.6 Å². The minimum atomic E-state index is -0.175. The quantitative estimate of drug-likeness (QED) is 0.780. The van der Waals surface area contributed by atoms with Crippen LogP contribution in [0.1, 0.15) is 23.8 Å². The molecule has 0 atom stereocenters. The Bertz CT molecular complexity index is 806. The average molecular weight is 330 g/mol. The van der Waals surface area contributed by atoms with E-state index in [0.29, 0.717) is 16.4 Å². The molecule has 23 heavy (non-hydrogen) atoms. The number of anilines is 1. The van der Waals surface area contributed by atoms with Crippen LogP contribution in [0.4, 0.5) is 5.69 Å². The van der Waals surface area contributed by atoms with Gasteiger partial charge >= 0.3 is 0 Å². The van der Waals surface area contributed by atoms with Gasteiger partial charge in [-0.05, 0) is 36.8 Å². The van der Waals surface area contributed by atoms with Crippen molar-refractivity contribution in [2.24, 2.45) is 0 Å². The van der Waals surface area contributed by atoms with Gasteiger partial charge in [0.1, 0.15) is 5.69 Å². The van der Waals surface area contributed by atoms with E-state index in [1.807, 2.05) is 31.2 Å². The van der Waals surface area contributed by atoms with Gasteiger partial charge in [0.15, 0.2) is 0 Å². The molecule has 0 unspecified atom stereocenters. The fraction of sp³-hybridized carbons (Fsp3) is 0.188. The summed E-state index contributed by atoms with van der Waals surface area (Å²) in [5.41, 5.74) is 2.13. The molecule has 0 fully saturated rings. The first kappa shape index (κ1) is 15.3. The summed E-state index contributed by atoms with van der Waals surface area (Å²) in [6.45, 7) is 2.76. The van der Waals surface area contributed by atoms with Crippen LogP contribution in [0.3, 0.4) is 0 Å². The molecule has 0 spiro atoms. The average Bonchev–Trinajstić information content (AvgIpc) is 3.17. The van der Waals surface area contributed by atoms with E-state index in [9.17, 15) is 4.79 Å². The number of rotatable bonds is 5. The molecule has 0 radical (unpaired) electrons. The summed E-state index contributed by atoms with van der Waals surface area (Å²) in [5.74, 6) is -0.175. The molecule has 2 aromatic heterocycles. The van der Waals surface area contributed by atoms with Crippen molar-refractivity contribution < 1.29 is 4.79 Å². The Kier molecular flexibility index (Phi) is 4.43. The topological polar surface area (TPSA) is 64.7 Å². The van der Waals surface area contributed by atoms with Crippen LogP contribution in [0, 0.1) is 0 Å². The van der Waals surface area contributed by atoms with E-state index < -0.39 is 0 Å². The van der Waals surface area contributed by atoms with E-state index >= 15 is 0 Å². The van der Waals surface area contributed by atoms with Crippen LogP contribution in [-0.2, 0) is 6.54 Å². The number of hydrogen-bond donors (Lipinski definition) is 1. The number of benzene rings is 1. The Labute approximate surface area is 138 Å². The minimum Gasteiger partial charge on any atom is -0.321 e. The highest BCUT2D eigenvalue weighted by Gasteiger charge is 2.11. The molecule has 1 amide bonds. The second-order valence-corrected chi connectivity index (χ2v) is 5.48. The summed E-state index contributed by atoms with van der Waals surface area (Å²) in [4.78, 5) is 12.3. The first-order chi connectivity index (χ1) is 11.2. The molecule has 6 nitrogen and oxygen atoms in total. The Morgan fingerprint density at radius 1 is 1.22 bits per heavy atom. The van der Waals surface area contributed by atoms with E-state index in [1.54, 1.807) is 34.0 Å². The van der Waals surface area contributed by atoms with E-state index in [0.717, 1.165) is 18.7 Å². The number of carbonyl (C=O) groups excluding carboxylic acids is 1. The largest absolute Gasteiger partial charge is 0.321 e. The lowest BCUT2D eigenvalue weighted by molar-refractivity contribution is 0.101. The molecule has 0 aliphatic carbocycles. The summed E-state index contributed by atoms with van der Waals surface area (Å²) < 4.78 is 3.37. The molecule has 7 heteroatoms. The Morgan fingerprint density at radius 3 is 2.65 bits per heavy atom. The highest BCUT2D eigenvalue weighted by atomic mass is 35.5. The number of aryl methyl sites for hydroxylation is 1. The number of amides is 1. The van der Waals surface area contributed by atoms with Crippen molar-refractivity contribution in [2.45, 2.75) is 19.9 Å². The first-order valence-corrected chi connectivity index (χ1v) is 7.69. The number of aromatic nitrogens is 4. The molecule has 0 saturated heterocycles. The van der Waals surface area contributed by atoms with Crippen LogP contribution in [0.15, 0.2) is 48.9 Å². The summed E-state index contributed by atoms with van der Waals surface area (Å²) in [6.07, 6.45) is 5.85. The standard InChI is InChI=1S/C16H16ClN5O/c1-2-9-21-15(7-8-18-21)16(23)20-13-3-5-14(6-4-13)22-11-12(17)10-19-22/h3-8,10-11H,2,9H2,1H3,(H,20,23). The van der Waals surface area contributed by atoms with E-state index in [-0.39, 0.29) is 5.91 Å². The highest BCUT2D eigenvalue weighted by Crippen LogP contribution is 2.16. The van der Waals surface area contributed by atoms with Gasteiger partial charge in [-0.2, -0.15) is 10.2 Å². The van der Waals surface area contributed by atoms with Crippen LogP contribution in [0.5, 0.6) is 0 Å². The molecule has 3 aromatic rings. The number of carbonyl (C=O) groups is 1. The van der Waals surface area contributed by atoms with Gasteiger partial charge in [-0.3, -0.25) is 9.48 Å². The van der Waals surface area contributed by atoms with Gasteiger partial charge in [0.05, 0.1) is 16.9 Å². The van der Waals surface area contributed by atoms with Gasteiger partial charge in [-0.1, -0.05) is 18.5 Å². The van der Waals surface area contributed by atoms with Gasteiger partial charge in [0, 0.05) is 24.6 Å². The summed E-state index contributed by atoms with van der Waals surface area (Å²) in [6, 6.07) is 9.09. The van der Waals surface area contributed by atoms with Crippen molar-refractivity contribution in [3.63, 3.8) is 0 Å². The van der Waals surface area contributed by atoms with Crippen molar-refractivity contribution in [3.8, 4) is 5.69 Å². The van der Waals surface area contributed by atoms with E-state index in [4.69, 9.17) is 11.6 Å². The molecule has 3 rings (SSSR count). The maximum absolute atomic E-state index is 12.3. The molecular weight excluding hydrogens is 314 g/mol. The fourth-order valence-corrected chi connectivity index (χ4v) is 2.39. The molecule has 0 saturated carbocycles. The predicted octanol–water partition coefficient (Wildman–Crippen LogP) is 3.38. The second kappa shape index (κ2) is 6.66. The van der Waals surface area contributed by atoms with Crippen molar-refractivity contribution in [2.75, 3.05) is 5.32 Å². The normalized spacial score (nSPS) is 10.7. The van der Waals surface area contributed by atoms with Crippen LogP contribution in [-0.4, -0.2) is 25.5 Å². The summed E-state index contributed by atoms with van der Waals surface area (Å²) in [5, 5.41) is 11.7. The SMILES string of the molecule is CCCn1nccc1C(=O)Nc1ccc(-n2cc(Cl)cn2)cc1. The van der Waals surface area contributed by atoms with Crippen LogP contribution in [0.25, 0.3) is 5.69 Å². The second-order valence-electron chi connectivity index (χ2n) is 5.04. The zero-order valence-electron chi connectivity index (χ0n) is 12.6. The van der Waals surface area contributed by atoms with Crippen molar-refractivity contribution >= 4 is 23.2 Å². The molecule has 2 heterocycles. The third-order valence-corrected chi connectivity index (χ3v) is 3.52. The van der Waals surface area contributed by atoms with Gasteiger partial charge in [-0.25, -0.2) is 4.68 Å². The van der Waals surface area contributed by atoms with Crippen molar-refractivity contribution in [1.29, 1.82) is 0 Å². The fourth-order valence-electron chi connectivity index (χ4n) is 2.25. The maximum Gasteiger partial charge on any atom is 0.273 e. The Morgan fingerprint density at radius 2 is 2.00 bits per heavy atom. The summed E-state index contributed by atoms with van der Waals surface area (Å²) in [7, 11) is 0. The lowest BCUT2D eigenvalue weighted by atomic mass is 10.2. The number of nitrogens with one attached hydrogen (secondary N) is 1. The Balaban J connectivity index is 1.73. The lowest BCUT2D eigenvalue weighted by Crippen LogP contribution is -2.17. The van der Waals surface area contributed by atoms with Crippen LogP contribution < -0.4 is 5.32 Å². The molecule has 1 aromatic carbocycles. The molecule has 1 N–H and O–H groups in total. The van der Waals surface area contributed by atoms with E-state index in [2.05, 4.69) is 15.5 Å².